The number of likely N-dealkylation sites (tertiary alicyclic amines) is 1. The molecule has 0 saturated carbocycles. The molecule has 7 heteroatoms. The third-order valence-corrected chi connectivity index (χ3v) is 5.93. The van der Waals surface area contributed by atoms with Gasteiger partial charge in [-0.3, -0.25) is 14.3 Å². The molecule has 2 heterocycles. The van der Waals surface area contributed by atoms with Crippen LogP contribution in [0.3, 0.4) is 0 Å². The Labute approximate surface area is 177 Å². The lowest BCUT2D eigenvalue weighted by molar-refractivity contribution is -0.124. The molecule has 2 amide bonds. The van der Waals surface area contributed by atoms with Crippen LogP contribution in [0.25, 0.3) is 0 Å². The zero-order valence-electron chi connectivity index (χ0n) is 17.6. The fourth-order valence-electron chi connectivity index (χ4n) is 4.30. The molecule has 1 aliphatic heterocycles. The highest BCUT2D eigenvalue weighted by Gasteiger charge is 2.27. The number of anilines is 1. The van der Waals surface area contributed by atoms with Gasteiger partial charge in [0, 0.05) is 26.1 Å². The van der Waals surface area contributed by atoms with Crippen molar-refractivity contribution in [1.29, 1.82) is 0 Å². The average molecular weight is 410 g/mol. The van der Waals surface area contributed by atoms with Crippen LogP contribution in [0.1, 0.15) is 58.8 Å². The number of hydrogen-bond donors (Lipinski definition) is 2. The Balaban J connectivity index is 0.000000239. The minimum absolute atomic E-state index is 0.0764. The molecular formula is C23H31N5O2. The van der Waals surface area contributed by atoms with Gasteiger partial charge in [-0.2, -0.15) is 5.10 Å². The van der Waals surface area contributed by atoms with E-state index in [1.54, 1.807) is 11.7 Å². The number of rotatable bonds is 3. The molecular weight excluding hydrogens is 378 g/mol. The molecule has 1 saturated heterocycles. The van der Waals surface area contributed by atoms with Crippen LogP contribution in [-0.2, 0) is 24.7 Å². The number of hydrogen-bond acceptors (Lipinski definition) is 4. The molecule has 0 bridgehead atoms. The smallest absolute Gasteiger partial charge is 0.254 e. The van der Waals surface area contributed by atoms with E-state index in [1.807, 2.05) is 4.90 Å². The molecule has 2 aliphatic rings. The van der Waals surface area contributed by atoms with Crippen molar-refractivity contribution in [1.82, 2.24) is 14.7 Å². The molecule has 0 spiro atoms. The summed E-state index contributed by atoms with van der Waals surface area (Å²) in [6.45, 7) is 5.26. The van der Waals surface area contributed by atoms with Gasteiger partial charge in [-0.15, -0.1) is 0 Å². The lowest BCUT2D eigenvalue weighted by Crippen LogP contribution is -2.25. The van der Waals surface area contributed by atoms with Gasteiger partial charge in [-0.05, 0) is 55.7 Å². The minimum atomic E-state index is -0.492. The van der Waals surface area contributed by atoms with Gasteiger partial charge in [0.05, 0.1) is 5.69 Å². The second-order valence-electron chi connectivity index (χ2n) is 7.93. The van der Waals surface area contributed by atoms with Crippen LogP contribution in [0.5, 0.6) is 0 Å². The van der Waals surface area contributed by atoms with Gasteiger partial charge in [-0.1, -0.05) is 30.8 Å². The Kier molecular flexibility index (Phi) is 6.92. The second-order valence-corrected chi connectivity index (χ2v) is 7.93. The van der Waals surface area contributed by atoms with Gasteiger partial charge in [0.1, 0.15) is 11.4 Å². The van der Waals surface area contributed by atoms with Crippen LogP contribution in [0.2, 0.25) is 0 Å². The highest BCUT2D eigenvalue weighted by Crippen LogP contribution is 2.34. The van der Waals surface area contributed by atoms with E-state index in [2.05, 4.69) is 35.9 Å². The van der Waals surface area contributed by atoms with Crippen LogP contribution in [0.15, 0.2) is 36.9 Å². The summed E-state index contributed by atoms with van der Waals surface area (Å²) in [6.07, 6.45) is 7.71. The summed E-state index contributed by atoms with van der Waals surface area (Å²) in [5.41, 5.74) is 15.3. The monoisotopic (exact) mass is 409 g/mol. The predicted octanol–water partition coefficient (Wildman–Crippen LogP) is 2.56. The van der Waals surface area contributed by atoms with Crippen molar-refractivity contribution in [3.8, 4) is 0 Å². The van der Waals surface area contributed by atoms with E-state index in [-0.39, 0.29) is 11.8 Å². The summed E-state index contributed by atoms with van der Waals surface area (Å²) in [6, 6.07) is 8.47. The zero-order valence-corrected chi connectivity index (χ0v) is 17.6. The summed E-state index contributed by atoms with van der Waals surface area (Å²) in [5.74, 6) is 0.135. The first-order valence-corrected chi connectivity index (χ1v) is 10.5. The number of carbonyl (C=O) groups is 2. The predicted molar refractivity (Wildman–Crippen MR) is 118 cm³/mol. The van der Waals surface area contributed by atoms with E-state index >= 15 is 0 Å². The van der Waals surface area contributed by atoms with Gasteiger partial charge in [0.15, 0.2) is 0 Å². The molecule has 160 valence electrons. The van der Waals surface area contributed by atoms with Crippen molar-refractivity contribution in [3.05, 3.63) is 59.3 Å². The maximum Gasteiger partial charge on any atom is 0.254 e. The Bertz CT molecular complexity index is 928. The molecule has 1 aliphatic carbocycles. The standard InChI is InChI=1S/C16H20N4O.C7H11NO/c1-20-15(17)13(16(18)21)14(19-20)12-8-4-7-10-5-2-3-6-11(10)9-12;1-2-7(9)8-5-3-4-6-8/h2-3,5-6,12H,4,7-9,17H2,1H3,(H2,18,21);2H,1,3-6H2. The fourth-order valence-corrected chi connectivity index (χ4v) is 4.30. The number of primary amides is 1. The maximum atomic E-state index is 11.7. The van der Waals surface area contributed by atoms with Crippen molar-refractivity contribution < 1.29 is 9.59 Å². The summed E-state index contributed by atoms with van der Waals surface area (Å²) >= 11 is 0. The van der Waals surface area contributed by atoms with Crippen molar-refractivity contribution in [3.63, 3.8) is 0 Å². The molecule has 1 unspecified atom stereocenters. The third kappa shape index (κ3) is 4.72. The van der Waals surface area contributed by atoms with E-state index < -0.39 is 5.91 Å². The SMILES string of the molecule is C=CC(=O)N1CCCC1.Cn1nc(C2CCCc3ccccc3C2)c(C(N)=O)c1N. The van der Waals surface area contributed by atoms with E-state index in [9.17, 15) is 9.59 Å². The number of carbonyl (C=O) groups excluding carboxylic acids is 2. The normalized spacial score (nSPS) is 18.0. The first-order valence-electron chi connectivity index (χ1n) is 10.5. The van der Waals surface area contributed by atoms with Crippen LogP contribution in [0.4, 0.5) is 5.82 Å². The van der Waals surface area contributed by atoms with E-state index in [4.69, 9.17) is 11.5 Å². The Morgan fingerprint density at radius 1 is 1.17 bits per heavy atom. The Morgan fingerprint density at radius 2 is 1.83 bits per heavy atom. The minimum Gasteiger partial charge on any atom is -0.383 e. The molecule has 30 heavy (non-hydrogen) atoms. The number of benzene rings is 1. The number of aryl methyl sites for hydroxylation is 2. The van der Waals surface area contributed by atoms with Crippen molar-refractivity contribution in [2.45, 2.75) is 44.4 Å². The van der Waals surface area contributed by atoms with Crippen molar-refractivity contribution in [2.75, 3.05) is 18.8 Å². The lowest BCUT2D eigenvalue weighted by Gasteiger charge is -2.13. The molecule has 0 radical (unpaired) electrons. The zero-order chi connectivity index (χ0) is 21.7. The molecule has 1 aromatic carbocycles. The molecule has 1 aromatic heterocycles. The average Bonchev–Trinajstić information content (AvgIpc) is 3.31. The lowest BCUT2D eigenvalue weighted by atomic mass is 9.91. The van der Waals surface area contributed by atoms with Crippen molar-refractivity contribution >= 4 is 17.6 Å². The fraction of sp³-hybridized carbons (Fsp3) is 0.435. The molecule has 4 rings (SSSR count). The van der Waals surface area contributed by atoms with Crippen LogP contribution in [-0.4, -0.2) is 39.6 Å². The second kappa shape index (κ2) is 9.61. The van der Waals surface area contributed by atoms with Gasteiger partial charge in [0.25, 0.3) is 5.91 Å². The third-order valence-electron chi connectivity index (χ3n) is 5.93. The number of aromatic nitrogens is 2. The summed E-state index contributed by atoms with van der Waals surface area (Å²) < 4.78 is 1.55. The van der Waals surface area contributed by atoms with E-state index in [0.717, 1.165) is 57.3 Å². The summed E-state index contributed by atoms with van der Waals surface area (Å²) in [4.78, 5) is 24.4. The quantitative estimate of drug-likeness (QED) is 0.600. The van der Waals surface area contributed by atoms with Gasteiger partial charge >= 0.3 is 0 Å². The van der Waals surface area contributed by atoms with E-state index in [1.165, 1.54) is 17.2 Å². The molecule has 2 aromatic rings. The first-order chi connectivity index (χ1) is 14.4. The van der Waals surface area contributed by atoms with E-state index in [0.29, 0.717) is 11.4 Å². The number of nitrogen functional groups attached to an aromatic ring is 1. The Hall–Kier alpha value is -3.09. The van der Waals surface area contributed by atoms with Crippen LogP contribution >= 0.6 is 0 Å². The van der Waals surface area contributed by atoms with Crippen molar-refractivity contribution in [2.24, 2.45) is 12.8 Å². The van der Waals surface area contributed by atoms with Gasteiger partial charge < -0.3 is 16.4 Å². The molecule has 1 atom stereocenters. The number of fused-ring (bicyclic) bond motifs is 1. The number of nitrogens with two attached hydrogens (primary N) is 2. The van der Waals surface area contributed by atoms with Crippen LogP contribution in [0, 0.1) is 0 Å². The summed E-state index contributed by atoms with van der Waals surface area (Å²) in [5, 5.41) is 4.46. The summed E-state index contributed by atoms with van der Waals surface area (Å²) in [7, 11) is 1.75. The molecule has 1 fully saturated rings. The largest absolute Gasteiger partial charge is 0.383 e. The number of nitrogens with zero attached hydrogens (tertiary/aromatic N) is 3. The molecule has 7 nitrogen and oxygen atoms in total. The number of amides is 2. The highest BCUT2D eigenvalue weighted by atomic mass is 16.2. The highest BCUT2D eigenvalue weighted by molar-refractivity contribution is 5.98. The van der Waals surface area contributed by atoms with Gasteiger partial charge in [0.2, 0.25) is 5.91 Å². The first kappa shape index (κ1) is 21.6. The maximum absolute atomic E-state index is 11.7. The Morgan fingerprint density at radius 3 is 2.47 bits per heavy atom. The van der Waals surface area contributed by atoms with Crippen LogP contribution < -0.4 is 11.5 Å². The van der Waals surface area contributed by atoms with Gasteiger partial charge in [-0.25, -0.2) is 0 Å². The topological polar surface area (TPSA) is 107 Å². The molecule has 4 N–H and O–H groups in total.